The zero-order valence-electron chi connectivity index (χ0n) is 51.2. The zero-order chi connectivity index (χ0) is 63.4. The largest absolute Gasteiger partial charge is 0.455 e. The fourth-order valence-corrected chi connectivity index (χ4v) is 14.4. The van der Waals surface area contributed by atoms with Crippen molar-refractivity contribution in [2.24, 2.45) is 0 Å². The molecular weight excluding hydrogens is 1180 g/mol. The number of para-hydroxylation sites is 5. The molecular formula is C85H50N10O. The molecule has 0 fully saturated rings. The normalized spacial score (nSPS) is 11.7. The monoisotopic (exact) mass is 1230 g/mol. The summed E-state index contributed by atoms with van der Waals surface area (Å²) in [6.45, 7) is 0. The van der Waals surface area contributed by atoms with Crippen LogP contribution in [0.3, 0.4) is 0 Å². The van der Waals surface area contributed by atoms with Gasteiger partial charge >= 0.3 is 0 Å². The summed E-state index contributed by atoms with van der Waals surface area (Å²) >= 11 is 0. The molecule has 0 saturated carbocycles. The summed E-state index contributed by atoms with van der Waals surface area (Å²) in [6, 6.07) is 107. The number of hydrogen-bond donors (Lipinski definition) is 0. The summed E-state index contributed by atoms with van der Waals surface area (Å²) < 4.78 is 14.1. The molecule has 0 atom stereocenters. The number of rotatable bonds is 10. The molecule has 11 heteroatoms. The summed E-state index contributed by atoms with van der Waals surface area (Å²) in [4.78, 5) is 31.0. The number of nitriles is 1. The predicted molar refractivity (Wildman–Crippen MR) is 386 cm³/mol. The predicted octanol–water partition coefficient (Wildman–Crippen LogP) is 20.8. The van der Waals surface area contributed by atoms with Crippen LogP contribution in [0.5, 0.6) is 0 Å². The minimum Gasteiger partial charge on any atom is -0.455 e. The summed E-state index contributed by atoms with van der Waals surface area (Å²) in [7, 11) is 0. The van der Waals surface area contributed by atoms with Crippen molar-refractivity contribution in [3.8, 4) is 103 Å². The number of fused-ring (bicyclic) bond motifs is 14. The Kier molecular flexibility index (Phi) is 12.4. The van der Waals surface area contributed by atoms with Gasteiger partial charge in [-0.3, -0.25) is 0 Å². The molecule has 0 unspecified atom stereocenters. The first-order valence-electron chi connectivity index (χ1n) is 31.9. The zero-order valence-corrected chi connectivity index (χ0v) is 51.2. The Morgan fingerprint density at radius 1 is 0.260 bits per heavy atom. The van der Waals surface area contributed by atoms with Crippen LogP contribution in [0.15, 0.2) is 308 Å². The Labute approximate surface area is 549 Å². The van der Waals surface area contributed by atoms with Gasteiger partial charge in [-0.25, -0.2) is 29.9 Å². The highest BCUT2D eigenvalue weighted by molar-refractivity contribution is 6.29. The van der Waals surface area contributed by atoms with Gasteiger partial charge in [-0.2, -0.15) is 5.26 Å². The molecule has 0 saturated heterocycles. The van der Waals surface area contributed by atoms with E-state index in [1.807, 2.05) is 121 Å². The standard InChI is InChI=1S/C85H50N10O/c86-51-57-50-59(94-69-39-18-15-35-66(69)77-74(94)48-46-63-62-45-47-73-76(78(62)96-79(63)77)65-34-14-17-38-68(65)93(73)58-31-11-4-12-32-58)43-44-61(57)84-89-82(54-27-9-3-10-28-54)88-83(92-84)56-30-21-29-55(49-56)60-37-22-42-72-75(60)64-33-13-19-40-70(64)95(72)71-41-20-16-36-67(71)85-90-80(52-23-5-1-6-24-52)87-81(91-85)53-25-7-2-8-26-53/h1-50H. The molecule has 13 aromatic carbocycles. The smallest absolute Gasteiger partial charge is 0.166 e. The maximum Gasteiger partial charge on any atom is 0.166 e. The third-order valence-electron chi connectivity index (χ3n) is 18.6. The maximum absolute atomic E-state index is 11.3. The van der Waals surface area contributed by atoms with Crippen molar-refractivity contribution < 1.29 is 4.42 Å². The summed E-state index contributed by atoms with van der Waals surface area (Å²) in [5, 5.41) is 19.8. The molecule has 6 heterocycles. The van der Waals surface area contributed by atoms with E-state index in [9.17, 15) is 5.26 Å². The van der Waals surface area contributed by atoms with E-state index in [-0.39, 0.29) is 0 Å². The minimum absolute atomic E-state index is 0.382. The Morgan fingerprint density at radius 2 is 0.667 bits per heavy atom. The lowest BCUT2D eigenvalue weighted by atomic mass is 9.97. The SMILES string of the molecule is N#Cc1cc(-n2c3ccccc3c3c4oc5c(ccc6c5c5ccccc5n6-c5ccccc5)c4ccc32)ccc1-c1nc(-c2ccccc2)nc(-c2cccc(-c3cccc4c3c3ccccc3n4-c3ccccc3-c3nc(-c4ccccc4)nc(-c4ccccc4)n3)c2)n1. The van der Waals surface area contributed by atoms with Crippen LogP contribution in [0.25, 0.3) is 184 Å². The highest BCUT2D eigenvalue weighted by atomic mass is 16.3. The lowest BCUT2D eigenvalue weighted by Gasteiger charge is -2.15. The quantitative estimate of drug-likeness (QED) is 0.132. The van der Waals surface area contributed by atoms with E-state index in [1.165, 1.54) is 0 Å². The summed E-state index contributed by atoms with van der Waals surface area (Å²) in [5.74, 6) is 3.10. The Balaban J connectivity index is 0.731. The molecule has 0 N–H and O–H groups in total. The van der Waals surface area contributed by atoms with Gasteiger partial charge in [-0.1, -0.05) is 206 Å². The van der Waals surface area contributed by atoms with Crippen molar-refractivity contribution in [3.05, 3.63) is 309 Å². The number of aromatic nitrogens is 9. The molecule has 0 amide bonds. The Morgan fingerprint density at radius 3 is 1.24 bits per heavy atom. The van der Waals surface area contributed by atoms with Gasteiger partial charge < -0.3 is 18.1 Å². The van der Waals surface area contributed by atoms with Gasteiger partial charge in [-0.05, 0) is 108 Å². The molecule has 0 spiro atoms. The van der Waals surface area contributed by atoms with Crippen LogP contribution in [0, 0.1) is 11.3 Å². The molecule has 11 nitrogen and oxygen atoms in total. The van der Waals surface area contributed by atoms with E-state index in [4.69, 9.17) is 34.3 Å². The highest BCUT2D eigenvalue weighted by Gasteiger charge is 2.26. The van der Waals surface area contributed by atoms with Crippen LogP contribution in [0.1, 0.15) is 5.56 Å². The van der Waals surface area contributed by atoms with E-state index in [1.54, 1.807) is 0 Å². The molecule has 6 aromatic heterocycles. The van der Waals surface area contributed by atoms with Crippen LogP contribution in [0.4, 0.5) is 0 Å². The third kappa shape index (κ3) is 8.60. The summed E-state index contributed by atoms with van der Waals surface area (Å²) in [6.07, 6.45) is 0. The molecule has 0 radical (unpaired) electrons. The van der Waals surface area contributed by atoms with Gasteiger partial charge in [0.1, 0.15) is 11.2 Å². The number of furan rings is 1. The number of hydrogen-bond acceptors (Lipinski definition) is 8. The van der Waals surface area contributed by atoms with E-state index in [0.29, 0.717) is 46.1 Å². The fraction of sp³-hybridized carbons (Fsp3) is 0. The Bertz CT molecular complexity index is 6340. The Hall–Kier alpha value is -13.4. The topological polar surface area (TPSA) is 129 Å². The lowest BCUT2D eigenvalue weighted by Crippen LogP contribution is -2.03. The molecule has 0 aliphatic heterocycles. The van der Waals surface area contributed by atoms with Crippen LogP contribution < -0.4 is 0 Å². The molecule has 0 aliphatic carbocycles. The van der Waals surface area contributed by atoms with Gasteiger partial charge in [-0.15, -0.1) is 0 Å². The second kappa shape index (κ2) is 21.9. The molecule has 446 valence electrons. The first-order valence-corrected chi connectivity index (χ1v) is 31.9. The maximum atomic E-state index is 11.3. The van der Waals surface area contributed by atoms with E-state index < -0.39 is 0 Å². The third-order valence-corrected chi connectivity index (χ3v) is 18.6. The van der Waals surface area contributed by atoms with Gasteiger partial charge in [0.15, 0.2) is 34.9 Å². The van der Waals surface area contributed by atoms with E-state index in [0.717, 1.165) is 143 Å². The highest BCUT2D eigenvalue weighted by Crippen LogP contribution is 2.46. The van der Waals surface area contributed by atoms with Crippen molar-refractivity contribution in [1.29, 1.82) is 5.26 Å². The second-order valence-electron chi connectivity index (χ2n) is 24.0. The minimum atomic E-state index is 0.382. The van der Waals surface area contributed by atoms with Gasteiger partial charge in [0.2, 0.25) is 0 Å². The first-order chi connectivity index (χ1) is 47.6. The number of nitrogens with zero attached hydrogens (tertiary/aromatic N) is 10. The number of benzene rings is 13. The van der Waals surface area contributed by atoms with Crippen LogP contribution in [0.2, 0.25) is 0 Å². The van der Waals surface area contributed by atoms with Gasteiger partial charge in [0.05, 0.1) is 61.2 Å². The molecule has 96 heavy (non-hydrogen) atoms. The van der Waals surface area contributed by atoms with Gasteiger partial charge in [0.25, 0.3) is 0 Å². The average Bonchev–Trinajstić information content (AvgIpc) is 1.54. The molecule has 0 aliphatic rings. The summed E-state index contributed by atoms with van der Waals surface area (Å²) in [5.41, 5.74) is 18.0. The van der Waals surface area contributed by atoms with Crippen LogP contribution >= 0.6 is 0 Å². The molecule has 0 bridgehead atoms. The van der Waals surface area contributed by atoms with E-state index in [2.05, 4.69) is 202 Å². The average molecular weight is 1230 g/mol. The van der Waals surface area contributed by atoms with Crippen LogP contribution in [-0.2, 0) is 0 Å². The first kappa shape index (κ1) is 54.3. The van der Waals surface area contributed by atoms with Crippen molar-refractivity contribution in [3.63, 3.8) is 0 Å². The van der Waals surface area contributed by atoms with E-state index >= 15 is 0 Å². The van der Waals surface area contributed by atoms with Crippen molar-refractivity contribution in [1.82, 2.24) is 43.6 Å². The van der Waals surface area contributed by atoms with Crippen molar-refractivity contribution >= 4 is 87.4 Å². The molecule has 19 rings (SSSR count). The van der Waals surface area contributed by atoms with Crippen molar-refractivity contribution in [2.45, 2.75) is 0 Å². The van der Waals surface area contributed by atoms with Gasteiger partial charge in [0, 0.05) is 77.1 Å². The fourth-order valence-electron chi connectivity index (χ4n) is 14.4. The second-order valence-corrected chi connectivity index (χ2v) is 24.0. The molecule has 19 aromatic rings. The van der Waals surface area contributed by atoms with Crippen LogP contribution in [-0.4, -0.2) is 43.6 Å². The lowest BCUT2D eigenvalue weighted by molar-refractivity contribution is 0.677. The van der Waals surface area contributed by atoms with Crippen molar-refractivity contribution in [2.75, 3.05) is 0 Å².